The highest BCUT2D eigenvalue weighted by Gasteiger charge is 2.54. The van der Waals surface area contributed by atoms with Crippen molar-refractivity contribution in [2.45, 2.75) is 52.6 Å². The van der Waals surface area contributed by atoms with E-state index in [1.165, 1.54) is 5.56 Å². The summed E-state index contributed by atoms with van der Waals surface area (Å²) < 4.78 is 6.17. The maximum atomic E-state index is 6.17. The smallest absolute Gasteiger partial charge is 0.123 e. The van der Waals surface area contributed by atoms with E-state index in [1.807, 2.05) is 6.07 Å². The second-order valence-corrected chi connectivity index (χ2v) is 6.36. The second kappa shape index (κ2) is 3.03. The van der Waals surface area contributed by atoms with Crippen LogP contribution in [0.25, 0.3) is 0 Å². The summed E-state index contributed by atoms with van der Waals surface area (Å²) in [5.41, 5.74) is 1.38. The molecule has 1 aromatic rings. The molecule has 88 valence electrons. The Balaban J connectivity index is 2.68. The predicted molar refractivity (Wildman–Crippen MR) is 68.0 cm³/mol. The van der Waals surface area contributed by atoms with Crippen molar-refractivity contribution in [1.82, 2.24) is 0 Å². The largest absolute Gasteiger partial charge is 0.487 e. The Labute approximate surface area is 98.8 Å². The van der Waals surface area contributed by atoms with Gasteiger partial charge in [-0.15, -0.1) is 0 Å². The maximum Gasteiger partial charge on any atom is 0.123 e. The van der Waals surface area contributed by atoms with Crippen LogP contribution in [0, 0.1) is 5.41 Å². The Kier molecular flexibility index (Phi) is 2.18. The molecule has 1 heteroatoms. The molecule has 1 aromatic carbocycles. The lowest BCUT2D eigenvalue weighted by atomic mass is 9.56. The first-order valence-electron chi connectivity index (χ1n) is 5.99. The van der Waals surface area contributed by atoms with Gasteiger partial charge in [-0.3, -0.25) is 0 Å². The Morgan fingerprint density at radius 2 is 1.44 bits per heavy atom. The summed E-state index contributed by atoms with van der Waals surface area (Å²) >= 11 is 0. The molecule has 0 amide bonds. The fourth-order valence-corrected chi connectivity index (χ4v) is 2.56. The Hall–Kier alpha value is -0.980. The highest BCUT2D eigenvalue weighted by Crippen LogP contribution is 2.55. The van der Waals surface area contributed by atoms with Gasteiger partial charge in [0.15, 0.2) is 0 Å². The van der Waals surface area contributed by atoms with Crippen LogP contribution in [0.5, 0.6) is 5.75 Å². The first kappa shape index (κ1) is 11.5. The van der Waals surface area contributed by atoms with Crippen molar-refractivity contribution < 1.29 is 4.74 Å². The third-order valence-electron chi connectivity index (χ3n) is 4.99. The van der Waals surface area contributed by atoms with Crippen molar-refractivity contribution in [3.63, 3.8) is 0 Å². The third kappa shape index (κ3) is 1.24. The average Bonchev–Trinajstić information content (AvgIpc) is 2.15. The number of ether oxygens (including phenoxy) is 1. The maximum absolute atomic E-state index is 6.17. The van der Waals surface area contributed by atoms with Crippen LogP contribution in [0.3, 0.4) is 0 Å². The van der Waals surface area contributed by atoms with Crippen molar-refractivity contribution in [3.05, 3.63) is 29.8 Å². The number of hydrogen-bond donors (Lipinski definition) is 0. The van der Waals surface area contributed by atoms with Crippen molar-refractivity contribution in [2.75, 3.05) is 0 Å². The van der Waals surface area contributed by atoms with E-state index in [2.05, 4.69) is 59.7 Å². The molecule has 0 aliphatic carbocycles. The molecule has 0 radical (unpaired) electrons. The summed E-state index contributed by atoms with van der Waals surface area (Å²) in [6, 6.07) is 8.40. The van der Waals surface area contributed by atoms with Gasteiger partial charge in [0.25, 0.3) is 0 Å². The Morgan fingerprint density at radius 1 is 0.875 bits per heavy atom. The monoisotopic (exact) mass is 218 g/mol. The van der Waals surface area contributed by atoms with E-state index in [-0.39, 0.29) is 16.4 Å². The first-order chi connectivity index (χ1) is 7.20. The van der Waals surface area contributed by atoms with Crippen LogP contribution in [-0.4, -0.2) is 5.60 Å². The van der Waals surface area contributed by atoms with Gasteiger partial charge in [-0.05, 0) is 19.9 Å². The van der Waals surface area contributed by atoms with Gasteiger partial charge in [0.2, 0.25) is 0 Å². The van der Waals surface area contributed by atoms with E-state index in [4.69, 9.17) is 4.74 Å². The molecule has 1 aliphatic heterocycles. The van der Waals surface area contributed by atoms with Gasteiger partial charge < -0.3 is 4.74 Å². The number of fused-ring (bicyclic) bond motifs is 1. The van der Waals surface area contributed by atoms with Gasteiger partial charge in [-0.25, -0.2) is 0 Å². The quantitative estimate of drug-likeness (QED) is 0.635. The Bertz CT molecular complexity index is 413. The molecule has 0 spiro atoms. The molecule has 0 bridgehead atoms. The topological polar surface area (TPSA) is 9.23 Å². The van der Waals surface area contributed by atoms with E-state index < -0.39 is 0 Å². The molecular formula is C15H22O. The zero-order valence-corrected chi connectivity index (χ0v) is 11.2. The fraction of sp³-hybridized carbons (Fsp3) is 0.600. The molecule has 1 aliphatic rings. The number of benzene rings is 1. The minimum absolute atomic E-state index is 0.0916. The predicted octanol–water partition coefficient (Wildman–Crippen LogP) is 4.16. The molecule has 0 fully saturated rings. The van der Waals surface area contributed by atoms with Gasteiger partial charge in [0.1, 0.15) is 11.4 Å². The van der Waals surface area contributed by atoms with Gasteiger partial charge >= 0.3 is 0 Å². The molecule has 0 saturated heterocycles. The highest BCUT2D eigenvalue weighted by atomic mass is 16.5. The van der Waals surface area contributed by atoms with Crippen LogP contribution in [0.1, 0.15) is 47.1 Å². The summed E-state index contributed by atoms with van der Waals surface area (Å²) in [4.78, 5) is 0. The SMILES string of the molecule is CC1(C)Oc2ccccc2C(C)(C)C1(C)C. The molecule has 1 nitrogen and oxygen atoms in total. The summed E-state index contributed by atoms with van der Waals surface area (Å²) in [6.07, 6.45) is 0. The van der Waals surface area contributed by atoms with E-state index in [1.54, 1.807) is 0 Å². The zero-order valence-electron chi connectivity index (χ0n) is 11.2. The van der Waals surface area contributed by atoms with Crippen molar-refractivity contribution in [2.24, 2.45) is 5.41 Å². The number of hydrogen-bond acceptors (Lipinski definition) is 1. The standard InChI is InChI=1S/C15H22O/c1-13(2)11-9-7-8-10-12(11)16-15(5,6)14(13,3)4/h7-10H,1-6H3. The third-order valence-corrected chi connectivity index (χ3v) is 4.99. The first-order valence-corrected chi connectivity index (χ1v) is 5.99. The minimum Gasteiger partial charge on any atom is -0.487 e. The number of rotatable bonds is 0. The van der Waals surface area contributed by atoms with E-state index in [9.17, 15) is 0 Å². The highest BCUT2D eigenvalue weighted by molar-refractivity contribution is 5.44. The normalized spacial score (nSPS) is 24.4. The molecule has 16 heavy (non-hydrogen) atoms. The number of para-hydroxylation sites is 1. The minimum atomic E-state index is -0.148. The van der Waals surface area contributed by atoms with Crippen LogP contribution in [-0.2, 0) is 5.41 Å². The molecule has 0 unspecified atom stereocenters. The summed E-state index contributed by atoms with van der Waals surface area (Å²) in [5, 5.41) is 0. The molecule has 0 atom stereocenters. The van der Waals surface area contributed by atoms with Crippen LogP contribution >= 0.6 is 0 Å². The van der Waals surface area contributed by atoms with Crippen molar-refractivity contribution in [1.29, 1.82) is 0 Å². The zero-order chi connectivity index (χ0) is 12.2. The van der Waals surface area contributed by atoms with E-state index in [0.717, 1.165) is 5.75 Å². The van der Waals surface area contributed by atoms with Gasteiger partial charge in [-0.2, -0.15) is 0 Å². The lowest BCUT2D eigenvalue weighted by Crippen LogP contribution is -2.57. The van der Waals surface area contributed by atoms with Gasteiger partial charge in [0.05, 0.1) is 0 Å². The Morgan fingerprint density at radius 3 is 2.06 bits per heavy atom. The molecular weight excluding hydrogens is 196 g/mol. The van der Waals surface area contributed by atoms with Gasteiger partial charge in [0, 0.05) is 16.4 Å². The molecule has 0 N–H and O–H groups in total. The molecule has 1 heterocycles. The van der Waals surface area contributed by atoms with E-state index in [0.29, 0.717) is 0 Å². The molecule has 0 saturated carbocycles. The fourth-order valence-electron chi connectivity index (χ4n) is 2.56. The van der Waals surface area contributed by atoms with Crippen LogP contribution < -0.4 is 4.74 Å². The molecule has 0 aromatic heterocycles. The van der Waals surface area contributed by atoms with Crippen LogP contribution in [0.15, 0.2) is 24.3 Å². The summed E-state index contributed by atoms with van der Waals surface area (Å²) in [7, 11) is 0. The second-order valence-electron chi connectivity index (χ2n) is 6.36. The van der Waals surface area contributed by atoms with Crippen LogP contribution in [0.4, 0.5) is 0 Å². The van der Waals surface area contributed by atoms with Crippen molar-refractivity contribution in [3.8, 4) is 5.75 Å². The van der Waals surface area contributed by atoms with E-state index >= 15 is 0 Å². The van der Waals surface area contributed by atoms with Gasteiger partial charge in [-0.1, -0.05) is 45.9 Å². The van der Waals surface area contributed by atoms with Crippen molar-refractivity contribution >= 4 is 0 Å². The lowest BCUT2D eigenvalue weighted by molar-refractivity contribution is -0.0742. The summed E-state index contributed by atoms with van der Waals surface area (Å²) in [5.74, 6) is 1.04. The van der Waals surface area contributed by atoms with Crippen LogP contribution in [0.2, 0.25) is 0 Å². The average molecular weight is 218 g/mol. The summed E-state index contributed by atoms with van der Waals surface area (Å²) in [6.45, 7) is 13.6. The molecule has 2 rings (SSSR count). The lowest BCUT2D eigenvalue weighted by Gasteiger charge is -2.56.